The van der Waals surface area contributed by atoms with E-state index in [9.17, 15) is 9.59 Å². The van der Waals surface area contributed by atoms with Crippen molar-refractivity contribution >= 4 is 17.6 Å². The molecule has 3 aromatic rings. The second-order valence-electron chi connectivity index (χ2n) is 6.64. The van der Waals surface area contributed by atoms with Crippen LogP contribution in [0, 0.1) is 0 Å². The molecule has 1 amide bonds. The first kappa shape index (κ1) is 22.1. The van der Waals surface area contributed by atoms with Gasteiger partial charge in [-0.2, -0.15) is 0 Å². The van der Waals surface area contributed by atoms with Gasteiger partial charge < -0.3 is 19.5 Å². The number of carbonyl (C=O) groups excluding carboxylic acids is 2. The van der Waals surface area contributed by atoms with Crippen LogP contribution < -0.4 is 10.1 Å². The number of carbonyl (C=O) groups is 2. The summed E-state index contributed by atoms with van der Waals surface area (Å²) >= 11 is 0. The van der Waals surface area contributed by atoms with Crippen LogP contribution >= 0.6 is 0 Å². The molecule has 0 aliphatic carbocycles. The molecule has 0 bridgehead atoms. The van der Waals surface area contributed by atoms with Crippen molar-refractivity contribution in [3.8, 4) is 16.9 Å². The molecule has 0 aliphatic heterocycles. The molecule has 0 heterocycles. The molecule has 31 heavy (non-hydrogen) atoms. The van der Waals surface area contributed by atoms with Crippen LogP contribution in [0.2, 0.25) is 0 Å². The van der Waals surface area contributed by atoms with Gasteiger partial charge in [0, 0.05) is 12.3 Å². The van der Waals surface area contributed by atoms with Crippen molar-refractivity contribution in [2.45, 2.75) is 6.92 Å². The maximum Gasteiger partial charge on any atom is 0.338 e. The van der Waals surface area contributed by atoms with Gasteiger partial charge >= 0.3 is 5.97 Å². The lowest BCUT2D eigenvalue weighted by molar-refractivity contribution is -0.118. The third-order valence-electron chi connectivity index (χ3n) is 4.38. The molecule has 0 fully saturated rings. The normalized spacial score (nSPS) is 10.4. The number of rotatable bonds is 10. The van der Waals surface area contributed by atoms with E-state index >= 15 is 0 Å². The minimum Gasteiger partial charge on any atom is -0.484 e. The van der Waals surface area contributed by atoms with Crippen LogP contribution in [0.3, 0.4) is 0 Å². The zero-order chi connectivity index (χ0) is 21.9. The van der Waals surface area contributed by atoms with Crippen LogP contribution in [-0.4, -0.2) is 38.3 Å². The highest BCUT2D eigenvalue weighted by molar-refractivity contribution is 5.95. The number of esters is 1. The van der Waals surface area contributed by atoms with E-state index in [4.69, 9.17) is 14.2 Å². The lowest BCUT2D eigenvalue weighted by atomic mass is 10.1. The Kier molecular flexibility index (Phi) is 8.20. The van der Waals surface area contributed by atoms with Crippen molar-refractivity contribution in [3.63, 3.8) is 0 Å². The summed E-state index contributed by atoms with van der Waals surface area (Å²) in [4.78, 5) is 24.3. The average Bonchev–Trinajstić information content (AvgIpc) is 2.81. The van der Waals surface area contributed by atoms with Gasteiger partial charge in [0.2, 0.25) is 0 Å². The largest absolute Gasteiger partial charge is 0.484 e. The maximum atomic E-state index is 12.2. The molecule has 0 atom stereocenters. The molecular weight excluding hydrogens is 394 g/mol. The molecule has 1 N–H and O–H groups in total. The Morgan fingerprint density at radius 1 is 0.839 bits per heavy atom. The van der Waals surface area contributed by atoms with Crippen molar-refractivity contribution < 1.29 is 23.8 Å². The molecule has 0 unspecified atom stereocenters. The molecule has 0 aromatic heterocycles. The number of benzene rings is 3. The lowest BCUT2D eigenvalue weighted by Crippen LogP contribution is -2.20. The number of hydrogen-bond donors (Lipinski definition) is 1. The van der Waals surface area contributed by atoms with Crippen molar-refractivity contribution in [3.05, 3.63) is 84.4 Å². The van der Waals surface area contributed by atoms with E-state index in [0.717, 1.165) is 11.1 Å². The number of ether oxygens (including phenoxy) is 3. The molecule has 6 nitrogen and oxygen atoms in total. The highest BCUT2D eigenvalue weighted by Crippen LogP contribution is 2.22. The van der Waals surface area contributed by atoms with E-state index in [0.29, 0.717) is 30.2 Å². The van der Waals surface area contributed by atoms with E-state index in [1.54, 1.807) is 24.3 Å². The standard InChI is InChI=1S/C25H25NO5/c1-2-29-15-16-30-25(28)21-9-6-10-22(17-21)26-24(27)18-31-23-13-11-20(12-14-23)19-7-4-3-5-8-19/h3-14,17H,2,15-16,18H2,1H3,(H,26,27). The van der Waals surface area contributed by atoms with Crippen LogP contribution in [0.5, 0.6) is 5.75 Å². The number of anilines is 1. The summed E-state index contributed by atoms with van der Waals surface area (Å²) in [6, 6.07) is 24.1. The van der Waals surface area contributed by atoms with Crippen LogP contribution in [0.15, 0.2) is 78.9 Å². The Morgan fingerprint density at radius 3 is 2.32 bits per heavy atom. The van der Waals surface area contributed by atoms with Gasteiger partial charge in [0.15, 0.2) is 6.61 Å². The van der Waals surface area contributed by atoms with Crippen LogP contribution in [0.4, 0.5) is 5.69 Å². The van der Waals surface area contributed by atoms with E-state index in [-0.39, 0.29) is 19.1 Å². The maximum absolute atomic E-state index is 12.2. The van der Waals surface area contributed by atoms with Crippen LogP contribution in [0.1, 0.15) is 17.3 Å². The van der Waals surface area contributed by atoms with E-state index in [1.807, 2.05) is 61.5 Å². The Morgan fingerprint density at radius 2 is 1.58 bits per heavy atom. The summed E-state index contributed by atoms with van der Waals surface area (Å²) in [6.07, 6.45) is 0. The summed E-state index contributed by atoms with van der Waals surface area (Å²) < 4.78 is 15.8. The van der Waals surface area contributed by atoms with Crippen molar-refractivity contribution in [1.29, 1.82) is 0 Å². The van der Waals surface area contributed by atoms with Gasteiger partial charge in [-0.05, 0) is 48.4 Å². The molecule has 160 valence electrons. The lowest BCUT2D eigenvalue weighted by Gasteiger charge is -2.10. The molecule has 0 radical (unpaired) electrons. The van der Waals surface area contributed by atoms with Crippen molar-refractivity contribution in [2.75, 3.05) is 31.7 Å². The smallest absolute Gasteiger partial charge is 0.338 e. The predicted molar refractivity (Wildman–Crippen MR) is 119 cm³/mol. The third kappa shape index (κ3) is 6.97. The minimum absolute atomic E-state index is 0.145. The highest BCUT2D eigenvalue weighted by Gasteiger charge is 2.10. The number of nitrogens with one attached hydrogen (secondary N) is 1. The Hall–Kier alpha value is -3.64. The Balaban J connectivity index is 1.49. The summed E-state index contributed by atoms with van der Waals surface area (Å²) in [5.74, 6) is -0.194. The first-order valence-corrected chi connectivity index (χ1v) is 10.1. The van der Waals surface area contributed by atoms with Gasteiger partial charge in [-0.25, -0.2) is 4.79 Å². The van der Waals surface area contributed by atoms with Gasteiger partial charge in [-0.3, -0.25) is 4.79 Å². The predicted octanol–water partition coefficient (Wildman–Crippen LogP) is 4.56. The van der Waals surface area contributed by atoms with Gasteiger partial charge in [0.05, 0.1) is 12.2 Å². The summed E-state index contributed by atoms with van der Waals surface area (Å²) in [5.41, 5.74) is 3.03. The molecule has 0 saturated heterocycles. The molecule has 0 saturated carbocycles. The Labute approximate surface area is 181 Å². The second kappa shape index (κ2) is 11.5. The van der Waals surface area contributed by atoms with Gasteiger partial charge in [0.25, 0.3) is 5.91 Å². The molecule has 3 rings (SSSR count). The fourth-order valence-corrected chi connectivity index (χ4v) is 2.87. The average molecular weight is 419 g/mol. The van der Waals surface area contributed by atoms with E-state index in [1.165, 1.54) is 0 Å². The van der Waals surface area contributed by atoms with Gasteiger partial charge in [0.1, 0.15) is 12.4 Å². The third-order valence-corrected chi connectivity index (χ3v) is 4.38. The summed E-state index contributed by atoms with van der Waals surface area (Å²) in [6.45, 7) is 2.83. The number of hydrogen-bond acceptors (Lipinski definition) is 5. The van der Waals surface area contributed by atoms with Crippen LogP contribution in [0.25, 0.3) is 11.1 Å². The summed E-state index contributed by atoms with van der Waals surface area (Å²) in [7, 11) is 0. The van der Waals surface area contributed by atoms with Crippen LogP contribution in [-0.2, 0) is 14.3 Å². The topological polar surface area (TPSA) is 73.9 Å². The monoisotopic (exact) mass is 419 g/mol. The Bertz CT molecular complexity index is 986. The second-order valence-corrected chi connectivity index (χ2v) is 6.64. The fourth-order valence-electron chi connectivity index (χ4n) is 2.87. The summed E-state index contributed by atoms with van der Waals surface area (Å²) in [5, 5.41) is 2.72. The molecular formula is C25H25NO5. The van der Waals surface area contributed by atoms with Gasteiger partial charge in [-0.15, -0.1) is 0 Å². The van der Waals surface area contributed by atoms with E-state index in [2.05, 4.69) is 5.32 Å². The zero-order valence-corrected chi connectivity index (χ0v) is 17.4. The fraction of sp³-hybridized carbons (Fsp3) is 0.200. The number of amides is 1. The first-order chi connectivity index (χ1) is 15.2. The van der Waals surface area contributed by atoms with Crippen molar-refractivity contribution in [1.82, 2.24) is 0 Å². The van der Waals surface area contributed by atoms with Crippen molar-refractivity contribution in [2.24, 2.45) is 0 Å². The molecule has 6 heteroatoms. The SMILES string of the molecule is CCOCCOC(=O)c1cccc(NC(=O)COc2ccc(-c3ccccc3)cc2)c1. The molecule has 3 aromatic carbocycles. The minimum atomic E-state index is -0.467. The quantitative estimate of drug-likeness (QED) is 0.385. The zero-order valence-electron chi connectivity index (χ0n) is 17.4. The van der Waals surface area contributed by atoms with Gasteiger partial charge in [-0.1, -0.05) is 48.5 Å². The van der Waals surface area contributed by atoms with E-state index < -0.39 is 5.97 Å². The molecule has 0 spiro atoms. The molecule has 0 aliphatic rings. The first-order valence-electron chi connectivity index (χ1n) is 10.1. The highest BCUT2D eigenvalue weighted by atomic mass is 16.6.